The van der Waals surface area contributed by atoms with Gasteiger partial charge in [-0.3, -0.25) is 4.90 Å². The van der Waals surface area contributed by atoms with Crippen LogP contribution >= 0.6 is 11.3 Å². The van der Waals surface area contributed by atoms with Crippen molar-refractivity contribution >= 4 is 11.3 Å². The molecule has 0 unspecified atom stereocenters. The summed E-state index contributed by atoms with van der Waals surface area (Å²) in [4.78, 5) is 11.9. The molecule has 96 valence electrons. The molecule has 3 nitrogen and oxygen atoms in total. The summed E-state index contributed by atoms with van der Waals surface area (Å²) in [5.41, 5.74) is 1.17. The highest BCUT2D eigenvalue weighted by atomic mass is 32.1. The van der Waals surface area contributed by atoms with Crippen molar-refractivity contribution in [1.29, 1.82) is 0 Å². The molecule has 1 fully saturated rings. The Bertz CT molecular complexity index is 489. The van der Waals surface area contributed by atoms with Crippen molar-refractivity contribution < 1.29 is 0 Å². The minimum absolute atomic E-state index is 0.576. The molecule has 3 rings (SSSR count). The maximum atomic E-state index is 4.49. The van der Waals surface area contributed by atoms with Crippen molar-refractivity contribution in [1.82, 2.24) is 14.9 Å². The number of hydrogen-bond acceptors (Lipinski definition) is 3. The number of aryl methyl sites for hydroxylation is 1. The summed E-state index contributed by atoms with van der Waals surface area (Å²) >= 11 is 1.85. The lowest BCUT2D eigenvalue weighted by molar-refractivity contribution is 0.198. The number of aromatic nitrogens is 2. The van der Waals surface area contributed by atoms with E-state index in [-0.39, 0.29) is 0 Å². The minimum atomic E-state index is 0.576. The first-order valence-electron chi connectivity index (χ1n) is 6.57. The molecule has 1 atom stereocenters. The highest BCUT2D eigenvalue weighted by molar-refractivity contribution is 7.09. The quantitative estimate of drug-likeness (QED) is 0.920. The van der Waals surface area contributed by atoms with Gasteiger partial charge >= 0.3 is 0 Å². The lowest BCUT2D eigenvalue weighted by Crippen LogP contribution is -2.34. The molecular formula is C14H19N3S. The predicted molar refractivity (Wildman–Crippen MR) is 74.9 cm³/mol. The second-order valence-corrected chi connectivity index (χ2v) is 6.14. The van der Waals surface area contributed by atoms with Gasteiger partial charge in [0.2, 0.25) is 0 Å². The monoisotopic (exact) mass is 261 g/mol. The van der Waals surface area contributed by atoms with Crippen LogP contribution in [0.5, 0.6) is 0 Å². The number of piperidine rings is 1. The number of H-pyrrole nitrogens is 1. The van der Waals surface area contributed by atoms with Crippen LogP contribution in [-0.2, 0) is 6.54 Å². The summed E-state index contributed by atoms with van der Waals surface area (Å²) in [6.45, 7) is 5.51. The molecule has 0 aromatic carbocycles. The predicted octanol–water partition coefficient (Wildman–Crippen LogP) is 3.16. The van der Waals surface area contributed by atoms with Gasteiger partial charge < -0.3 is 4.98 Å². The molecule has 1 N–H and O–H groups in total. The first-order chi connectivity index (χ1) is 8.81. The fourth-order valence-electron chi connectivity index (χ4n) is 2.69. The summed E-state index contributed by atoms with van der Waals surface area (Å²) in [6, 6.07) is 4.36. The Balaban J connectivity index is 1.65. The van der Waals surface area contributed by atoms with Crippen LogP contribution in [0.25, 0.3) is 0 Å². The Labute approximate surface area is 112 Å². The summed E-state index contributed by atoms with van der Waals surface area (Å²) in [5, 5.41) is 2.16. The van der Waals surface area contributed by atoms with Crippen molar-refractivity contribution in [3.05, 3.63) is 40.1 Å². The Morgan fingerprint density at radius 2 is 2.50 bits per heavy atom. The fraction of sp³-hybridized carbons (Fsp3) is 0.500. The van der Waals surface area contributed by atoms with Gasteiger partial charge in [0.05, 0.1) is 0 Å². The third kappa shape index (κ3) is 2.65. The van der Waals surface area contributed by atoms with Gasteiger partial charge in [0.15, 0.2) is 0 Å². The van der Waals surface area contributed by atoms with E-state index in [2.05, 4.69) is 39.3 Å². The number of nitrogens with one attached hydrogen (secondary N) is 1. The Kier molecular flexibility index (Phi) is 3.48. The first kappa shape index (κ1) is 11.9. The fourth-order valence-corrected chi connectivity index (χ4v) is 3.43. The average Bonchev–Trinajstić information content (AvgIpc) is 3.01. The van der Waals surface area contributed by atoms with Crippen molar-refractivity contribution in [2.45, 2.75) is 32.2 Å². The van der Waals surface area contributed by atoms with Crippen LogP contribution in [0.15, 0.2) is 23.7 Å². The number of imidazole rings is 1. The van der Waals surface area contributed by atoms with Gasteiger partial charge in [-0.2, -0.15) is 0 Å². The molecule has 0 bridgehead atoms. The van der Waals surface area contributed by atoms with Gasteiger partial charge in [-0.25, -0.2) is 4.98 Å². The first-order valence-corrected chi connectivity index (χ1v) is 7.45. The summed E-state index contributed by atoms with van der Waals surface area (Å²) < 4.78 is 0. The van der Waals surface area contributed by atoms with Crippen molar-refractivity contribution in [3.8, 4) is 0 Å². The third-order valence-corrected chi connectivity index (χ3v) is 4.44. The topological polar surface area (TPSA) is 31.9 Å². The van der Waals surface area contributed by atoms with E-state index in [9.17, 15) is 0 Å². The molecular weight excluding hydrogens is 242 g/mol. The molecule has 4 heteroatoms. The van der Waals surface area contributed by atoms with Gasteiger partial charge in [0.25, 0.3) is 0 Å². The van der Waals surface area contributed by atoms with E-state index in [0.29, 0.717) is 5.92 Å². The number of rotatable bonds is 3. The molecule has 1 aliphatic heterocycles. The zero-order valence-corrected chi connectivity index (χ0v) is 11.5. The minimum Gasteiger partial charge on any atom is -0.346 e. The lowest BCUT2D eigenvalue weighted by Gasteiger charge is -2.31. The second kappa shape index (κ2) is 5.24. The van der Waals surface area contributed by atoms with E-state index < -0.39 is 0 Å². The van der Waals surface area contributed by atoms with Gasteiger partial charge in [0, 0.05) is 35.8 Å². The van der Waals surface area contributed by atoms with E-state index in [1.165, 1.54) is 35.8 Å². The standard InChI is InChI=1S/C14H19N3S/c1-11-8-15-14(16-11)12-4-2-6-17(9-12)10-13-5-3-7-18-13/h3,5,7-8,12H,2,4,6,9-10H2,1H3,(H,15,16)/t12-/m0/s1. The van der Waals surface area contributed by atoms with Crippen molar-refractivity contribution in [3.63, 3.8) is 0 Å². The molecule has 0 amide bonds. The van der Waals surface area contributed by atoms with Crippen molar-refractivity contribution in [2.75, 3.05) is 13.1 Å². The molecule has 1 saturated heterocycles. The third-order valence-electron chi connectivity index (χ3n) is 3.57. The Hall–Kier alpha value is -1.13. The Morgan fingerprint density at radius 1 is 1.56 bits per heavy atom. The zero-order chi connectivity index (χ0) is 12.4. The normalized spacial score (nSPS) is 21.3. The van der Waals surface area contributed by atoms with Gasteiger partial charge in [0.1, 0.15) is 5.82 Å². The van der Waals surface area contributed by atoms with E-state index in [0.717, 1.165) is 13.1 Å². The molecule has 0 saturated carbocycles. The van der Waals surface area contributed by atoms with Crippen LogP contribution in [0.2, 0.25) is 0 Å². The number of nitrogens with zero attached hydrogens (tertiary/aromatic N) is 2. The lowest BCUT2D eigenvalue weighted by atomic mass is 9.97. The molecule has 3 heterocycles. The molecule has 0 aliphatic carbocycles. The van der Waals surface area contributed by atoms with Gasteiger partial charge in [-0.1, -0.05) is 6.07 Å². The molecule has 0 spiro atoms. The maximum absolute atomic E-state index is 4.49. The Morgan fingerprint density at radius 3 is 3.22 bits per heavy atom. The van der Waals surface area contributed by atoms with Crippen LogP contribution in [0, 0.1) is 6.92 Å². The second-order valence-electron chi connectivity index (χ2n) is 5.11. The molecule has 2 aromatic rings. The summed E-state index contributed by atoms with van der Waals surface area (Å²) in [7, 11) is 0. The number of aromatic amines is 1. The number of thiophene rings is 1. The van der Waals surface area contributed by atoms with E-state index >= 15 is 0 Å². The summed E-state index contributed by atoms with van der Waals surface area (Å²) in [6.07, 6.45) is 4.47. The maximum Gasteiger partial charge on any atom is 0.110 e. The molecule has 0 radical (unpaired) electrons. The smallest absolute Gasteiger partial charge is 0.110 e. The van der Waals surface area contributed by atoms with E-state index in [1.807, 2.05) is 17.5 Å². The van der Waals surface area contributed by atoms with Crippen LogP contribution in [0.4, 0.5) is 0 Å². The number of hydrogen-bond donors (Lipinski definition) is 1. The number of likely N-dealkylation sites (tertiary alicyclic amines) is 1. The summed E-state index contributed by atoms with van der Waals surface area (Å²) in [5.74, 6) is 1.75. The van der Waals surface area contributed by atoms with Crippen LogP contribution in [0.1, 0.15) is 35.2 Å². The van der Waals surface area contributed by atoms with E-state index in [4.69, 9.17) is 0 Å². The largest absolute Gasteiger partial charge is 0.346 e. The zero-order valence-electron chi connectivity index (χ0n) is 10.7. The van der Waals surface area contributed by atoms with Crippen LogP contribution < -0.4 is 0 Å². The SMILES string of the molecule is Cc1cnc([C@H]2CCCN(Cc3cccs3)C2)[nH]1. The van der Waals surface area contributed by atoms with Crippen LogP contribution in [-0.4, -0.2) is 28.0 Å². The van der Waals surface area contributed by atoms with Gasteiger partial charge in [-0.15, -0.1) is 11.3 Å². The van der Waals surface area contributed by atoms with E-state index in [1.54, 1.807) is 0 Å². The van der Waals surface area contributed by atoms with Crippen molar-refractivity contribution in [2.24, 2.45) is 0 Å². The highest BCUT2D eigenvalue weighted by Crippen LogP contribution is 2.26. The highest BCUT2D eigenvalue weighted by Gasteiger charge is 2.23. The molecule has 1 aliphatic rings. The van der Waals surface area contributed by atoms with Gasteiger partial charge in [-0.05, 0) is 37.8 Å². The van der Waals surface area contributed by atoms with Crippen LogP contribution in [0.3, 0.4) is 0 Å². The average molecular weight is 261 g/mol. The molecule has 2 aromatic heterocycles. The molecule has 18 heavy (non-hydrogen) atoms.